The number of rotatable bonds is 2. The largest absolute Gasteiger partial charge is 0.379 e. The maximum absolute atomic E-state index is 13.0. The van der Waals surface area contributed by atoms with Crippen LogP contribution in [0.4, 0.5) is 10.1 Å². The SMILES string of the molecule is Cc1cc(C)cc(NC2CCC2F)c1. The molecule has 14 heavy (non-hydrogen) atoms. The molecule has 2 atom stereocenters. The van der Waals surface area contributed by atoms with Crippen molar-refractivity contribution in [1.29, 1.82) is 0 Å². The van der Waals surface area contributed by atoms with Gasteiger partial charge in [0.15, 0.2) is 0 Å². The molecule has 0 saturated heterocycles. The van der Waals surface area contributed by atoms with Gasteiger partial charge in [-0.2, -0.15) is 0 Å². The first kappa shape index (κ1) is 9.50. The van der Waals surface area contributed by atoms with Crippen LogP contribution in [0.1, 0.15) is 24.0 Å². The summed E-state index contributed by atoms with van der Waals surface area (Å²) in [6, 6.07) is 6.30. The normalized spacial score (nSPS) is 25.6. The summed E-state index contributed by atoms with van der Waals surface area (Å²) in [4.78, 5) is 0. The van der Waals surface area contributed by atoms with E-state index in [0.717, 1.165) is 12.1 Å². The third kappa shape index (κ3) is 1.89. The Morgan fingerprint density at radius 3 is 2.21 bits per heavy atom. The molecule has 1 aliphatic carbocycles. The molecule has 0 bridgehead atoms. The van der Waals surface area contributed by atoms with Gasteiger partial charge in [0, 0.05) is 5.69 Å². The second kappa shape index (κ2) is 3.60. The molecule has 2 rings (SSSR count). The van der Waals surface area contributed by atoms with E-state index < -0.39 is 6.17 Å². The molecule has 1 aromatic carbocycles. The van der Waals surface area contributed by atoms with Crippen LogP contribution in [0.2, 0.25) is 0 Å². The van der Waals surface area contributed by atoms with Gasteiger partial charge in [0.25, 0.3) is 0 Å². The summed E-state index contributed by atoms with van der Waals surface area (Å²) in [5.74, 6) is 0. The molecule has 0 aliphatic heterocycles. The van der Waals surface area contributed by atoms with E-state index in [-0.39, 0.29) is 6.04 Å². The van der Waals surface area contributed by atoms with Crippen LogP contribution in [0.5, 0.6) is 0 Å². The molecule has 0 aromatic heterocycles. The Morgan fingerprint density at radius 2 is 1.79 bits per heavy atom. The highest BCUT2D eigenvalue weighted by molar-refractivity contribution is 5.49. The molecule has 2 heteroatoms. The van der Waals surface area contributed by atoms with Crippen LogP contribution in [0.25, 0.3) is 0 Å². The van der Waals surface area contributed by atoms with Crippen LogP contribution < -0.4 is 5.32 Å². The van der Waals surface area contributed by atoms with Gasteiger partial charge >= 0.3 is 0 Å². The second-order valence-electron chi connectivity index (χ2n) is 4.22. The van der Waals surface area contributed by atoms with Crippen LogP contribution in [0, 0.1) is 13.8 Å². The lowest BCUT2D eigenvalue weighted by Crippen LogP contribution is -2.39. The standard InChI is InChI=1S/C12H16FN/c1-8-5-9(2)7-10(6-8)14-12-4-3-11(12)13/h5-7,11-12,14H,3-4H2,1-2H3. The number of hydrogen-bond acceptors (Lipinski definition) is 1. The van der Waals surface area contributed by atoms with E-state index in [1.54, 1.807) is 0 Å². The van der Waals surface area contributed by atoms with Crippen molar-refractivity contribution in [2.24, 2.45) is 0 Å². The molecule has 76 valence electrons. The van der Waals surface area contributed by atoms with Gasteiger partial charge in [-0.1, -0.05) is 6.07 Å². The van der Waals surface area contributed by atoms with E-state index in [0.29, 0.717) is 6.42 Å². The maximum atomic E-state index is 13.0. The number of anilines is 1. The first-order valence-electron chi connectivity index (χ1n) is 5.14. The minimum atomic E-state index is -0.657. The van der Waals surface area contributed by atoms with E-state index in [4.69, 9.17) is 0 Å². The van der Waals surface area contributed by atoms with Gasteiger partial charge in [0.1, 0.15) is 6.17 Å². The molecule has 0 spiro atoms. The minimum absolute atomic E-state index is 0.0381. The monoisotopic (exact) mass is 193 g/mol. The van der Waals surface area contributed by atoms with Crippen molar-refractivity contribution in [3.63, 3.8) is 0 Å². The summed E-state index contributed by atoms with van der Waals surface area (Å²) < 4.78 is 13.0. The van der Waals surface area contributed by atoms with Gasteiger partial charge in [-0.05, 0) is 49.9 Å². The number of benzene rings is 1. The molecule has 0 radical (unpaired) electrons. The van der Waals surface area contributed by atoms with Gasteiger partial charge in [0.05, 0.1) is 6.04 Å². The predicted molar refractivity (Wildman–Crippen MR) is 57.5 cm³/mol. The lowest BCUT2D eigenvalue weighted by Gasteiger charge is -2.32. The van der Waals surface area contributed by atoms with Crippen LogP contribution in [-0.4, -0.2) is 12.2 Å². The topological polar surface area (TPSA) is 12.0 Å². The fourth-order valence-electron chi connectivity index (χ4n) is 1.89. The number of alkyl halides is 1. The summed E-state index contributed by atoms with van der Waals surface area (Å²) in [6.07, 6.45) is 1.01. The zero-order chi connectivity index (χ0) is 10.1. The average Bonchev–Trinajstić information content (AvgIpc) is 2.10. The number of hydrogen-bond donors (Lipinski definition) is 1. The highest BCUT2D eigenvalue weighted by atomic mass is 19.1. The molecule has 0 heterocycles. The molecular weight excluding hydrogens is 177 g/mol. The van der Waals surface area contributed by atoms with E-state index in [1.165, 1.54) is 11.1 Å². The van der Waals surface area contributed by atoms with Crippen molar-refractivity contribution >= 4 is 5.69 Å². The maximum Gasteiger partial charge on any atom is 0.120 e. The summed E-state index contributed by atoms with van der Waals surface area (Å²) in [7, 11) is 0. The van der Waals surface area contributed by atoms with E-state index in [9.17, 15) is 4.39 Å². The third-order valence-corrected chi connectivity index (χ3v) is 2.76. The van der Waals surface area contributed by atoms with Crippen molar-refractivity contribution < 1.29 is 4.39 Å². The lowest BCUT2D eigenvalue weighted by atomic mass is 9.90. The molecular formula is C12H16FN. The van der Waals surface area contributed by atoms with Gasteiger partial charge < -0.3 is 5.32 Å². The van der Waals surface area contributed by atoms with E-state index >= 15 is 0 Å². The average molecular weight is 193 g/mol. The van der Waals surface area contributed by atoms with E-state index in [2.05, 4.69) is 37.4 Å². The second-order valence-corrected chi connectivity index (χ2v) is 4.22. The third-order valence-electron chi connectivity index (χ3n) is 2.76. The molecule has 1 fully saturated rings. The van der Waals surface area contributed by atoms with Crippen LogP contribution >= 0.6 is 0 Å². The van der Waals surface area contributed by atoms with Crippen LogP contribution in [-0.2, 0) is 0 Å². The fraction of sp³-hybridized carbons (Fsp3) is 0.500. The Kier molecular flexibility index (Phi) is 2.44. The molecule has 1 nitrogen and oxygen atoms in total. The van der Waals surface area contributed by atoms with Crippen molar-refractivity contribution in [3.8, 4) is 0 Å². The number of nitrogens with one attached hydrogen (secondary N) is 1. The zero-order valence-corrected chi connectivity index (χ0v) is 8.68. The minimum Gasteiger partial charge on any atom is -0.379 e. The smallest absolute Gasteiger partial charge is 0.120 e. The fourth-order valence-corrected chi connectivity index (χ4v) is 1.89. The predicted octanol–water partition coefficient (Wildman–Crippen LogP) is 3.22. The van der Waals surface area contributed by atoms with Gasteiger partial charge in [-0.3, -0.25) is 0 Å². The number of aryl methyl sites for hydroxylation is 2. The molecule has 1 saturated carbocycles. The Morgan fingerprint density at radius 1 is 1.14 bits per heavy atom. The van der Waals surface area contributed by atoms with E-state index in [1.807, 2.05) is 0 Å². The molecule has 2 unspecified atom stereocenters. The molecule has 0 amide bonds. The first-order chi connectivity index (χ1) is 6.65. The van der Waals surface area contributed by atoms with Crippen LogP contribution in [0.15, 0.2) is 18.2 Å². The summed E-state index contributed by atoms with van der Waals surface area (Å²) in [5.41, 5.74) is 3.50. The highest BCUT2D eigenvalue weighted by Crippen LogP contribution is 2.27. The highest BCUT2D eigenvalue weighted by Gasteiger charge is 2.30. The number of halogens is 1. The van der Waals surface area contributed by atoms with Crippen molar-refractivity contribution in [2.75, 3.05) is 5.32 Å². The zero-order valence-electron chi connectivity index (χ0n) is 8.68. The Hall–Kier alpha value is -1.05. The van der Waals surface area contributed by atoms with Crippen molar-refractivity contribution in [3.05, 3.63) is 29.3 Å². The Bertz CT molecular complexity index is 315. The van der Waals surface area contributed by atoms with Gasteiger partial charge in [-0.15, -0.1) is 0 Å². The summed E-state index contributed by atoms with van der Waals surface area (Å²) in [5, 5.41) is 3.23. The molecule has 1 aromatic rings. The van der Waals surface area contributed by atoms with Gasteiger partial charge in [-0.25, -0.2) is 4.39 Å². The Balaban J connectivity index is 2.08. The van der Waals surface area contributed by atoms with Crippen molar-refractivity contribution in [1.82, 2.24) is 0 Å². The summed E-state index contributed by atoms with van der Waals surface area (Å²) in [6.45, 7) is 4.12. The quantitative estimate of drug-likeness (QED) is 0.760. The van der Waals surface area contributed by atoms with Gasteiger partial charge in [0.2, 0.25) is 0 Å². The summed E-state index contributed by atoms with van der Waals surface area (Å²) >= 11 is 0. The first-order valence-corrected chi connectivity index (χ1v) is 5.14. The van der Waals surface area contributed by atoms with Crippen molar-refractivity contribution in [2.45, 2.75) is 38.9 Å². The Labute approximate surface area is 84.3 Å². The molecule has 1 N–H and O–H groups in total. The molecule has 1 aliphatic rings. The van der Waals surface area contributed by atoms with Crippen LogP contribution in [0.3, 0.4) is 0 Å². The lowest BCUT2D eigenvalue weighted by molar-refractivity contribution is 0.186.